The van der Waals surface area contributed by atoms with Gasteiger partial charge in [-0.15, -0.1) is 0 Å². The van der Waals surface area contributed by atoms with Crippen LogP contribution in [0, 0.1) is 23.7 Å². The number of phosphoric ester groups is 2. The van der Waals surface area contributed by atoms with E-state index in [2.05, 4.69) is 55.4 Å². The largest absolute Gasteiger partial charge is 0.472 e. The quantitative estimate of drug-likeness (QED) is 0.0222. The Balaban J connectivity index is 5.26. The van der Waals surface area contributed by atoms with Crippen molar-refractivity contribution in [1.29, 1.82) is 0 Å². The minimum atomic E-state index is -4.96. The van der Waals surface area contributed by atoms with Crippen molar-refractivity contribution in [2.75, 3.05) is 39.6 Å². The molecule has 0 bridgehead atoms. The first-order valence-electron chi connectivity index (χ1n) is 40.2. The van der Waals surface area contributed by atoms with Crippen molar-refractivity contribution in [1.82, 2.24) is 0 Å². The van der Waals surface area contributed by atoms with E-state index < -0.39 is 97.5 Å². The first-order valence-corrected chi connectivity index (χ1v) is 43.2. The van der Waals surface area contributed by atoms with Crippen LogP contribution in [0.4, 0.5) is 0 Å². The molecule has 0 saturated heterocycles. The standard InChI is InChI=1S/C78H152O17P2/c1-9-71(8)57-49-41-33-25-21-22-28-36-45-53-61-78(83)95-74(65-89-76(81)59-51-43-37-29-32-40-48-56-70(6)7)67-93-97(86,87)91-63-72(79)62-90-96(84,85)92-66-73(64-88-75(80)58-50-42-34-26-19-16-15-18-24-31-39-47-55-69(4)5)94-77(82)60-52-44-35-27-20-14-12-10-11-13-17-23-30-38-46-54-68(2)3/h68-74,79H,9-67H2,1-8H3,(H,84,85)(H,86,87)/t71?,72?,73-,74-/m1/s1. The Morgan fingerprint density at radius 1 is 0.289 bits per heavy atom. The average molecular weight is 1420 g/mol. The Labute approximate surface area is 594 Å². The van der Waals surface area contributed by atoms with E-state index in [1.807, 2.05) is 0 Å². The van der Waals surface area contributed by atoms with Crippen LogP contribution in [0.5, 0.6) is 0 Å². The minimum Gasteiger partial charge on any atom is -0.462 e. The first kappa shape index (κ1) is 95.1. The van der Waals surface area contributed by atoms with Gasteiger partial charge in [0.25, 0.3) is 0 Å². The second-order valence-corrected chi connectivity index (χ2v) is 32.7. The van der Waals surface area contributed by atoms with Crippen LogP contribution >= 0.6 is 15.6 Å². The van der Waals surface area contributed by atoms with Crippen molar-refractivity contribution in [3.63, 3.8) is 0 Å². The van der Waals surface area contributed by atoms with Gasteiger partial charge in [0.05, 0.1) is 26.4 Å². The van der Waals surface area contributed by atoms with E-state index in [1.54, 1.807) is 0 Å². The maximum Gasteiger partial charge on any atom is 0.472 e. The third kappa shape index (κ3) is 70.9. The zero-order valence-electron chi connectivity index (χ0n) is 63.7. The SMILES string of the molecule is CCC(C)CCCCCCCCCCCCC(=O)O[C@H](COC(=O)CCCCCCCCCC(C)C)COP(=O)(O)OCC(O)COP(=O)(O)OC[C@@H](COC(=O)CCCCCCCCCCCCCCC(C)C)OC(=O)CCCCCCCCCCCCCCCCCC(C)C. The fourth-order valence-corrected chi connectivity index (χ4v) is 13.5. The molecule has 3 N–H and O–H groups in total. The van der Waals surface area contributed by atoms with Crippen LogP contribution in [0.2, 0.25) is 0 Å². The van der Waals surface area contributed by atoms with Crippen molar-refractivity contribution in [3.8, 4) is 0 Å². The fourth-order valence-electron chi connectivity index (χ4n) is 11.9. The van der Waals surface area contributed by atoms with Crippen LogP contribution < -0.4 is 0 Å². The molecule has 97 heavy (non-hydrogen) atoms. The van der Waals surface area contributed by atoms with E-state index in [0.717, 1.165) is 114 Å². The molecule has 0 saturated carbocycles. The van der Waals surface area contributed by atoms with Gasteiger partial charge in [-0.05, 0) is 49.4 Å². The van der Waals surface area contributed by atoms with Gasteiger partial charge >= 0.3 is 39.5 Å². The first-order chi connectivity index (χ1) is 46.6. The van der Waals surface area contributed by atoms with E-state index in [-0.39, 0.29) is 25.7 Å². The molecule has 0 aliphatic heterocycles. The Hall–Kier alpha value is -1.94. The second-order valence-electron chi connectivity index (χ2n) is 29.8. The topological polar surface area (TPSA) is 237 Å². The molecule has 0 fully saturated rings. The third-order valence-corrected chi connectivity index (χ3v) is 20.3. The lowest BCUT2D eigenvalue weighted by Crippen LogP contribution is -2.30. The molecule has 4 unspecified atom stereocenters. The third-order valence-electron chi connectivity index (χ3n) is 18.4. The highest BCUT2D eigenvalue weighted by molar-refractivity contribution is 7.47. The summed E-state index contributed by atoms with van der Waals surface area (Å²) in [6.45, 7) is 14.2. The van der Waals surface area contributed by atoms with Crippen molar-refractivity contribution in [2.45, 2.75) is 414 Å². The van der Waals surface area contributed by atoms with Crippen LogP contribution in [0.15, 0.2) is 0 Å². The lowest BCUT2D eigenvalue weighted by Gasteiger charge is -2.21. The average Bonchev–Trinajstić information content (AvgIpc) is 1.42. The zero-order chi connectivity index (χ0) is 71.7. The lowest BCUT2D eigenvalue weighted by molar-refractivity contribution is -0.161. The predicted octanol–water partition coefficient (Wildman–Crippen LogP) is 22.8. The monoisotopic (exact) mass is 1420 g/mol. The second kappa shape index (κ2) is 67.2. The van der Waals surface area contributed by atoms with Crippen molar-refractivity contribution < 1.29 is 80.2 Å². The van der Waals surface area contributed by atoms with Crippen LogP contribution in [-0.4, -0.2) is 96.7 Å². The van der Waals surface area contributed by atoms with Crippen molar-refractivity contribution >= 4 is 39.5 Å². The van der Waals surface area contributed by atoms with Crippen molar-refractivity contribution in [2.24, 2.45) is 23.7 Å². The smallest absolute Gasteiger partial charge is 0.462 e. The minimum absolute atomic E-state index is 0.105. The molecule has 576 valence electrons. The highest BCUT2D eigenvalue weighted by Crippen LogP contribution is 2.45. The van der Waals surface area contributed by atoms with Gasteiger partial charge in [-0.2, -0.15) is 0 Å². The molecule has 0 aromatic heterocycles. The molecule has 19 heteroatoms. The van der Waals surface area contributed by atoms with Gasteiger partial charge in [0.1, 0.15) is 19.3 Å². The van der Waals surface area contributed by atoms with Crippen molar-refractivity contribution in [3.05, 3.63) is 0 Å². The molecule has 0 amide bonds. The van der Waals surface area contributed by atoms with Gasteiger partial charge in [0.2, 0.25) is 0 Å². The summed E-state index contributed by atoms with van der Waals surface area (Å²) in [5.74, 6) is 0.974. The van der Waals surface area contributed by atoms with Gasteiger partial charge in [0.15, 0.2) is 12.2 Å². The van der Waals surface area contributed by atoms with Crippen LogP contribution in [0.25, 0.3) is 0 Å². The number of unbranched alkanes of at least 4 members (excludes halogenated alkanes) is 40. The molecule has 0 spiro atoms. The maximum atomic E-state index is 13.1. The predicted molar refractivity (Wildman–Crippen MR) is 395 cm³/mol. The maximum absolute atomic E-state index is 13.1. The molecular formula is C78H152O17P2. The number of hydrogen-bond acceptors (Lipinski definition) is 15. The lowest BCUT2D eigenvalue weighted by atomic mass is 9.99. The summed E-state index contributed by atoms with van der Waals surface area (Å²) in [6.07, 6.45) is 52.7. The van der Waals surface area contributed by atoms with Gasteiger partial charge in [-0.3, -0.25) is 37.3 Å². The number of phosphoric acid groups is 2. The molecule has 0 aromatic carbocycles. The number of carbonyl (C=O) groups excluding carboxylic acids is 4. The van der Waals surface area contributed by atoms with E-state index in [1.165, 1.54) is 193 Å². The molecule has 6 atom stereocenters. The summed E-state index contributed by atoms with van der Waals surface area (Å²) in [5, 5.41) is 10.6. The Kier molecular flexibility index (Phi) is 65.9. The van der Waals surface area contributed by atoms with Crippen LogP contribution in [-0.2, 0) is 65.4 Å². The summed E-state index contributed by atoms with van der Waals surface area (Å²) in [4.78, 5) is 72.9. The number of carbonyl (C=O) groups is 4. The number of hydrogen-bond donors (Lipinski definition) is 3. The van der Waals surface area contributed by atoms with Crippen LogP contribution in [0.3, 0.4) is 0 Å². The normalized spacial score (nSPS) is 14.4. The van der Waals surface area contributed by atoms with Gasteiger partial charge in [0, 0.05) is 25.7 Å². The molecule has 0 aromatic rings. The highest BCUT2D eigenvalue weighted by atomic mass is 31.2. The number of aliphatic hydroxyl groups excluding tert-OH is 1. The van der Waals surface area contributed by atoms with Gasteiger partial charge in [-0.1, -0.05) is 344 Å². The summed E-state index contributed by atoms with van der Waals surface area (Å²) in [5.41, 5.74) is 0. The Bertz CT molecular complexity index is 1900. The fraction of sp³-hybridized carbons (Fsp3) is 0.949. The zero-order valence-corrected chi connectivity index (χ0v) is 65.5. The van der Waals surface area contributed by atoms with Crippen LogP contribution in [0.1, 0.15) is 396 Å². The highest BCUT2D eigenvalue weighted by Gasteiger charge is 2.30. The van der Waals surface area contributed by atoms with E-state index in [4.69, 9.17) is 37.0 Å². The van der Waals surface area contributed by atoms with E-state index in [9.17, 15) is 43.2 Å². The summed E-state index contributed by atoms with van der Waals surface area (Å²) in [6, 6.07) is 0. The molecular weight excluding hydrogens is 1270 g/mol. The summed E-state index contributed by atoms with van der Waals surface area (Å²) in [7, 11) is -9.92. The Morgan fingerprint density at radius 2 is 0.495 bits per heavy atom. The summed E-state index contributed by atoms with van der Waals surface area (Å²) >= 11 is 0. The number of rotatable bonds is 75. The van der Waals surface area contributed by atoms with E-state index >= 15 is 0 Å². The summed E-state index contributed by atoms with van der Waals surface area (Å²) < 4.78 is 68.6. The van der Waals surface area contributed by atoms with Gasteiger partial charge < -0.3 is 33.8 Å². The Morgan fingerprint density at radius 3 is 0.732 bits per heavy atom. The number of esters is 4. The number of aliphatic hydroxyl groups is 1. The molecule has 0 rings (SSSR count). The number of ether oxygens (including phenoxy) is 4. The molecule has 0 heterocycles. The van der Waals surface area contributed by atoms with E-state index in [0.29, 0.717) is 31.6 Å². The molecule has 17 nitrogen and oxygen atoms in total. The molecule has 0 aliphatic rings. The van der Waals surface area contributed by atoms with Gasteiger partial charge in [-0.25, -0.2) is 9.13 Å². The molecule has 0 radical (unpaired) electrons. The molecule has 0 aliphatic carbocycles.